The van der Waals surface area contributed by atoms with E-state index in [0.717, 1.165) is 23.2 Å². The molecule has 140 valence electrons. The molecule has 5 nitrogen and oxygen atoms in total. The summed E-state index contributed by atoms with van der Waals surface area (Å²) in [6, 6.07) is 13.0. The van der Waals surface area contributed by atoms with Gasteiger partial charge in [0.15, 0.2) is 0 Å². The van der Waals surface area contributed by atoms with Crippen LogP contribution in [0.4, 0.5) is 10.5 Å². The van der Waals surface area contributed by atoms with Gasteiger partial charge in [-0.15, -0.1) is 0 Å². The highest BCUT2D eigenvalue weighted by molar-refractivity contribution is 8.14. The Bertz CT molecular complexity index is 862. The largest absolute Gasteiger partial charge is 0.478 e. The summed E-state index contributed by atoms with van der Waals surface area (Å²) >= 11 is 1.36. The Morgan fingerprint density at radius 3 is 2.70 bits per heavy atom. The molecule has 0 spiro atoms. The van der Waals surface area contributed by atoms with Gasteiger partial charge in [-0.25, -0.2) is 4.79 Å². The number of carboxylic acids is 1. The van der Waals surface area contributed by atoms with Gasteiger partial charge in [-0.3, -0.25) is 4.79 Å². The number of hydrogen-bond acceptors (Lipinski definition) is 4. The third-order valence-corrected chi connectivity index (χ3v) is 5.43. The van der Waals surface area contributed by atoms with E-state index in [4.69, 9.17) is 5.11 Å². The molecule has 2 aromatic rings. The molecule has 0 aliphatic carbocycles. The van der Waals surface area contributed by atoms with E-state index >= 15 is 0 Å². The van der Waals surface area contributed by atoms with E-state index in [-0.39, 0.29) is 16.1 Å². The van der Waals surface area contributed by atoms with Gasteiger partial charge in [-0.1, -0.05) is 48.2 Å². The summed E-state index contributed by atoms with van der Waals surface area (Å²) in [6.07, 6.45) is 4.92. The Morgan fingerprint density at radius 1 is 1.30 bits per heavy atom. The van der Waals surface area contributed by atoms with Crippen LogP contribution in [-0.2, 0) is 13.0 Å². The van der Waals surface area contributed by atoms with E-state index < -0.39 is 5.97 Å². The Labute approximate surface area is 162 Å². The molecular formula is C21H22N2O3S. The predicted octanol–water partition coefficient (Wildman–Crippen LogP) is 4.40. The highest BCUT2D eigenvalue weighted by Crippen LogP contribution is 2.28. The number of rotatable bonds is 7. The molecule has 3 rings (SSSR count). The van der Waals surface area contributed by atoms with E-state index in [2.05, 4.69) is 22.8 Å². The first-order chi connectivity index (χ1) is 13.1. The lowest BCUT2D eigenvalue weighted by atomic mass is 10.00. The minimum Gasteiger partial charge on any atom is -0.478 e. The summed E-state index contributed by atoms with van der Waals surface area (Å²) < 4.78 is 0. The standard InChI is InChI=1S/C21H22N2O3S/c1-2-4-18-16(11-17-13-23-21(26)27-17)5-3-6-19(18)22-12-14-7-9-15(10-8-14)20(24)25/h2-10,17,22H,11-13H2,1H3,(H,23,26)(H,24,25)/b4-2-. The third-order valence-electron chi connectivity index (χ3n) is 4.41. The van der Waals surface area contributed by atoms with Crippen LogP contribution >= 0.6 is 11.8 Å². The topological polar surface area (TPSA) is 78.4 Å². The molecule has 6 heteroatoms. The molecule has 2 aromatic carbocycles. The number of hydrogen-bond donors (Lipinski definition) is 3. The quantitative estimate of drug-likeness (QED) is 0.662. The fraction of sp³-hybridized carbons (Fsp3) is 0.238. The maximum absolute atomic E-state index is 11.4. The van der Waals surface area contributed by atoms with E-state index in [9.17, 15) is 9.59 Å². The molecule has 1 saturated heterocycles. The second-order valence-corrected chi connectivity index (χ2v) is 7.62. The minimum atomic E-state index is -0.921. The van der Waals surface area contributed by atoms with Crippen LogP contribution in [-0.4, -0.2) is 28.1 Å². The van der Waals surface area contributed by atoms with Crippen LogP contribution < -0.4 is 10.6 Å². The van der Waals surface area contributed by atoms with Gasteiger partial charge < -0.3 is 15.7 Å². The maximum atomic E-state index is 11.4. The molecule has 0 radical (unpaired) electrons. The lowest BCUT2D eigenvalue weighted by molar-refractivity contribution is 0.0697. The Morgan fingerprint density at radius 2 is 2.07 bits per heavy atom. The van der Waals surface area contributed by atoms with Crippen molar-refractivity contribution in [3.8, 4) is 0 Å². The van der Waals surface area contributed by atoms with Crippen molar-refractivity contribution >= 4 is 34.7 Å². The zero-order valence-electron chi connectivity index (χ0n) is 15.1. The first-order valence-corrected chi connectivity index (χ1v) is 9.70. The summed E-state index contributed by atoms with van der Waals surface area (Å²) in [7, 11) is 0. The fourth-order valence-electron chi connectivity index (χ4n) is 3.06. The molecule has 27 heavy (non-hydrogen) atoms. The molecular weight excluding hydrogens is 360 g/mol. The number of thioether (sulfide) groups is 1. The van der Waals surface area contributed by atoms with E-state index in [0.29, 0.717) is 13.1 Å². The second kappa shape index (κ2) is 8.77. The number of carboxylic acid groups (broad SMARTS) is 1. The van der Waals surface area contributed by atoms with E-state index in [1.165, 1.54) is 17.3 Å². The van der Waals surface area contributed by atoms with E-state index in [1.54, 1.807) is 12.1 Å². The van der Waals surface area contributed by atoms with Gasteiger partial charge in [0.25, 0.3) is 5.24 Å². The number of amides is 1. The summed E-state index contributed by atoms with van der Waals surface area (Å²) in [5.41, 5.74) is 4.65. The fourth-order valence-corrected chi connectivity index (χ4v) is 3.96. The smallest absolute Gasteiger partial charge is 0.335 e. The van der Waals surface area contributed by atoms with Gasteiger partial charge in [0.1, 0.15) is 0 Å². The van der Waals surface area contributed by atoms with Crippen LogP contribution in [0, 0.1) is 0 Å². The lowest BCUT2D eigenvalue weighted by Crippen LogP contribution is -2.17. The van der Waals surface area contributed by atoms with Gasteiger partial charge in [0.2, 0.25) is 0 Å². The summed E-state index contributed by atoms with van der Waals surface area (Å²) in [5.74, 6) is -0.921. The Balaban J connectivity index is 1.75. The van der Waals surface area contributed by atoms with Crippen LogP contribution in [0.15, 0.2) is 48.5 Å². The normalized spacial score (nSPS) is 16.5. The van der Waals surface area contributed by atoms with Gasteiger partial charge >= 0.3 is 5.97 Å². The zero-order valence-corrected chi connectivity index (χ0v) is 15.9. The minimum absolute atomic E-state index is 0.0478. The molecule has 0 saturated carbocycles. The average Bonchev–Trinajstić information content (AvgIpc) is 3.07. The van der Waals surface area contributed by atoms with Gasteiger partial charge in [-0.2, -0.15) is 0 Å². The number of allylic oxidation sites excluding steroid dienone is 1. The number of anilines is 1. The Hall–Kier alpha value is -2.73. The highest BCUT2D eigenvalue weighted by Gasteiger charge is 2.23. The van der Waals surface area contributed by atoms with Gasteiger partial charge in [0.05, 0.1) is 5.56 Å². The maximum Gasteiger partial charge on any atom is 0.335 e. The number of aromatic carboxylic acids is 1. The number of benzene rings is 2. The van der Waals surface area contributed by atoms with Crippen molar-refractivity contribution in [2.45, 2.75) is 25.1 Å². The van der Waals surface area contributed by atoms with Crippen molar-refractivity contribution in [3.05, 3.63) is 70.8 Å². The second-order valence-electron chi connectivity index (χ2n) is 6.35. The van der Waals surface area contributed by atoms with Crippen LogP contribution in [0.5, 0.6) is 0 Å². The lowest BCUT2D eigenvalue weighted by Gasteiger charge is -2.16. The van der Waals surface area contributed by atoms with Crippen LogP contribution in [0.25, 0.3) is 6.08 Å². The molecule has 1 aliphatic rings. The molecule has 1 amide bonds. The first kappa shape index (κ1) is 19.0. The Kier molecular flexibility index (Phi) is 6.19. The number of carbonyl (C=O) groups is 2. The molecule has 0 aromatic heterocycles. The zero-order chi connectivity index (χ0) is 19.2. The molecule has 1 atom stereocenters. The molecule has 1 aliphatic heterocycles. The van der Waals surface area contributed by atoms with E-state index in [1.807, 2.05) is 37.3 Å². The highest BCUT2D eigenvalue weighted by atomic mass is 32.2. The number of nitrogens with one attached hydrogen (secondary N) is 2. The van der Waals surface area contributed by atoms with Crippen LogP contribution in [0.2, 0.25) is 0 Å². The SMILES string of the molecule is C/C=C\c1c(CC2CNC(=O)S2)cccc1NCc1ccc(C(=O)O)cc1. The van der Waals surface area contributed by atoms with Crippen molar-refractivity contribution in [1.82, 2.24) is 5.32 Å². The molecule has 1 heterocycles. The van der Waals surface area contributed by atoms with Crippen molar-refractivity contribution in [1.29, 1.82) is 0 Å². The van der Waals surface area contributed by atoms with Crippen LogP contribution in [0.3, 0.4) is 0 Å². The van der Waals surface area contributed by atoms with Crippen molar-refractivity contribution in [2.75, 3.05) is 11.9 Å². The summed E-state index contributed by atoms with van der Waals surface area (Å²) in [4.78, 5) is 22.4. The monoisotopic (exact) mass is 382 g/mol. The first-order valence-electron chi connectivity index (χ1n) is 8.82. The molecule has 3 N–H and O–H groups in total. The summed E-state index contributed by atoms with van der Waals surface area (Å²) in [5, 5.41) is 15.6. The van der Waals surface area contributed by atoms with Crippen molar-refractivity contribution < 1.29 is 14.7 Å². The average molecular weight is 382 g/mol. The summed E-state index contributed by atoms with van der Waals surface area (Å²) in [6.45, 7) is 3.29. The van der Waals surface area contributed by atoms with Gasteiger partial charge in [0, 0.05) is 29.6 Å². The predicted molar refractivity (Wildman–Crippen MR) is 110 cm³/mol. The number of carbonyl (C=O) groups excluding carboxylic acids is 1. The van der Waals surface area contributed by atoms with Crippen molar-refractivity contribution in [2.24, 2.45) is 0 Å². The molecule has 0 bridgehead atoms. The molecule has 1 fully saturated rings. The third kappa shape index (κ3) is 4.92. The molecule has 1 unspecified atom stereocenters. The van der Waals surface area contributed by atoms with Gasteiger partial charge in [-0.05, 0) is 42.7 Å². The van der Waals surface area contributed by atoms with Crippen LogP contribution in [0.1, 0.15) is 34.0 Å². The van der Waals surface area contributed by atoms with Crippen molar-refractivity contribution in [3.63, 3.8) is 0 Å².